The van der Waals surface area contributed by atoms with Crippen molar-refractivity contribution in [2.24, 2.45) is 0 Å². The van der Waals surface area contributed by atoms with E-state index in [1.54, 1.807) is 31.1 Å². The summed E-state index contributed by atoms with van der Waals surface area (Å²) >= 11 is 1.13. The third-order valence-electron chi connectivity index (χ3n) is 4.89. The largest absolute Gasteiger partial charge is 0.372 e. The molecule has 30 heavy (non-hydrogen) atoms. The molecule has 1 saturated heterocycles. The number of sulfonamides is 1. The number of hydrogen-bond donors (Lipinski definition) is 1. The predicted molar refractivity (Wildman–Crippen MR) is 116 cm³/mol. The van der Waals surface area contributed by atoms with Gasteiger partial charge in [0.2, 0.25) is 0 Å². The average Bonchev–Trinajstić information content (AvgIpc) is 3.22. The first-order valence-corrected chi connectivity index (χ1v) is 11.8. The number of nitrogens with one attached hydrogen (secondary N) is 1. The maximum absolute atomic E-state index is 12.7. The lowest BCUT2D eigenvalue weighted by molar-refractivity contribution is -0.384. The highest BCUT2D eigenvalue weighted by atomic mass is 32.2. The third-order valence-corrected chi connectivity index (χ3v) is 8.34. The van der Waals surface area contributed by atoms with Gasteiger partial charge in [-0.25, -0.2) is 8.42 Å². The minimum Gasteiger partial charge on any atom is -0.372 e. The van der Waals surface area contributed by atoms with Crippen molar-refractivity contribution in [3.8, 4) is 0 Å². The number of nitro groups is 1. The predicted octanol–water partition coefficient (Wildman–Crippen LogP) is 2.83. The van der Waals surface area contributed by atoms with Gasteiger partial charge in [-0.05, 0) is 37.1 Å². The Morgan fingerprint density at radius 1 is 1.20 bits per heavy atom. The van der Waals surface area contributed by atoms with E-state index in [1.165, 1.54) is 22.5 Å². The summed E-state index contributed by atoms with van der Waals surface area (Å²) in [6.45, 7) is 1.21. The van der Waals surface area contributed by atoms with Crippen LogP contribution in [-0.2, 0) is 16.6 Å². The van der Waals surface area contributed by atoms with Crippen LogP contribution < -0.4 is 10.2 Å². The quantitative estimate of drug-likeness (QED) is 0.511. The van der Waals surface area contributed by atoms with E-state index in [2.05, 4.69) is 5.32 Å². The van der Waals surface area contributed by atoms with Gasteiger partial charge < -0.3 is 10.2 Å². The molecule has 1 aliphatic heterocycles. The molecule has 162 valence electrons. The second-order valence-electron chi connectivity index (χ2n) is 7.22. The summed E-state index contributed by atoms with van der Waals surface area (Å²) in [5.41, 5.74) is 0.422. The smallest absolute Gasteiger partial charge is 0.293 e. The number of carbonyl (C=O) groups is 1. The lowest BCUT2D eigenvalue weighted by Crippen LogP contribution is -2.35. The summed E-state index contributed by atoms with van der Waals surface area (Å²) < 4.78 is 27.2. The van der Waals surface area contributed by atoms with Crippen LogP contribution in [0.25, 0.3) is 0 Å². The Hall–Kier alpha value is -2.50. The Labute approximate surface area is 179 Å². The molecule has 1 fully saturated rings. The van der Waals surface area contributed by atoms with E-state index < -0.39 is 20.9 Å². The van der Waals surface area contributed by atoms with Crippen molar-refractivity contribution < 1.29 is 18.1 Å². The zero-order chi connectivity index (χ0) is 21.9. The molecule has 1 N–H and O–H groups in total. The minimum absolute atomic E-state index is 0.141. The van der Waals surface area contributed by atoms with Crippen LogP contribution in [0.5, 0.6) is 0 Å². The molecule has 2 aromatic rings. The third kappa shape index (κ3) is 4.79. The lowest BCUT2D eigenvalue weighted by atomic mass is 10.1. The van der Waals surface area contributed by atoms with Gasteiger partial charge in [0.15, 0.2) is 0 Å². The van der Waals surface area contributed by atoms with Crippen molar-refractivity contribution in [1.82, 2.24) is 9.62 Å². The first-order valence-electron chi connectivity index (χ1n) is 9.53. The summed E-state index contributed by atoms with van der Waals surface area (Å²) in [5, 5.41) is 14.0. The number of rotatable bonds is 7. The van der Waals surface area contributed by atoms with Gasteiger partial charge in [-0.15, -0.1) is 11.3 Å². The second-order valence-corrected chi connectivity index (χ2v) is 10.6. The highest BCUT2D eigenvalue weighted by Crippen LogP contribution is 2.29. The molecule has 9 nitrogen and oxygen atoms in total. The van der Waals surface area contributed by atoms with E-state index in [4.69, 9.17) is 0 Å². The fourth-order valence-corrected chi connectivity index (χ4v) is 6.25. The van der Waals surface area contributed by atoms with E-state index in [-0.39, 0.29) is 22.0 Å². The Kier molecular flexibility index (Phi) is 6.74. The summed E-state index contributed by atoms with van der Waals surface area (Å²) in [5.74, 6) is -0.461. The van der Waals surface area contributed by atoms with Crippen LogP contribution in [0, 0.1) is 10.1 Å². The second kappa shape index (κ2) is 9.11. The molecule has 0 spiro atoms. The fourth-order valence-electron chi connectivity index (χ4n) is 3.28. The van der Waals surface area contributed by atoms with Crippen LogP contribution in [0.2, 0.25) is 0 Å². The van der Waals surface area contributed by atoms with Crippen molar-refractivity contribution in [2.75, 3.05) is 32.1 Å². The summed E-state index contributed by atoms with van der Waals surface area (Å²) in [6, 6.07) is 7.54. The number of hydrogen-bond acceptors (Lipinski definition) is 7. The van der Waals surface area contributed by atoms with Crippen LogP contribution in [0.4, 0.5) is 11.4 Å². The molecule has 0 bridgehead atoms. The molecule has 0 unspecified atom stereocenters. The number of anilines is 1. The number of amides is 1. The van der Waals surface area contributed by atoms with E-state index >= 15 is 0 Å². The molecule has 0 saturated carbocycles. The minimum atomic E-state index is -3.50. The fraction of sp³-hybridized carbons (Fsp3) is 0.421. The van der Waals surface area contributed by atoms with Crippen molar-refractivity contribution >= 4 is 38.6 Å². The van der Waals surface area contributed by atoms with Crippen molar-refractivity contribution in [1.29, 1.82) is 0 Å². The van der Waals surface area contributed by atoms with E-state index in [0.717, 1.165) is 30.6 Å². The number of nitrogens with zero attached hydrogens (tertiary/aromatic N) is 3. The number of benzene rings is 1. The molecule has 0 radical (unpaired) electrons. The van der Waals surface area contributed by atoms with Gasteiger partial charge in [0.1, 0.15) is 9.90 Å². The maximum Gasteiger partial charge on any atom is 0.293 e. The average molecular weight is 453 g/mol. The summed E-state index contributed by atoms with van der Waals surface area (Å²) in [4.78, 5) is 25.5. The van der Waals surface area contributed by atoms with E-state index in [1.807, 2.05) is 0 Å². The monoisotopic (exact) mass is 452 g/mol. The number of nitro benzene ring substituents is 1. The standard InChI is InChI=1S/C19H24N4O5S2/c1-21(2)16-8-6-14(12-17(16)23(25)26)19(24)20-13-15-7-9-18(29-15)30(27,28)22-10-4-3-5-11-22/h6-9,12H,3-5,10-11,13H2,1-2H3,(H,20,24). The van der Waals surface area contributed by atoms with Gasteiger partial charge in [-0.1, -0.05) is 6.42 Å². The maximum atomic E-state index is 12.7. The molecule has 0 aliphatic carbocycles. The van der Waals surface area contributed by atoms with Crippen molar-refractivity contribution in [2.45, 2.75) is 30.0 Å². The number of thiophene rings is 1. The Morgan fingerprint density at radius 2 is 1.90 bits per heavy atom. The molecule has 11 heteroatoms. The van der Waals surface area contributed by atoms with Gasteiger partial charge in [-0.3, -0.25) is 14.9 Å². The number of carbonyl (C=O) groups excluding carboxylic acids is 1. The molecule has 1 aliphatic rings. The molecule has 1 amide bonds. The Balaban J connectivity index is 1.68. The van der Waals surface area contributed by atoms with Gasteiger partial charge >= 0.3 is 0 Å². The molecule has 0 atom stereocenters. The van der Waals surface area contributed by atoms with Gasteiger partial charge in [-0.2, -0.15) is 4.31 Å². The molecular weight excluding hydrogens is 428 g/mol. The molecule has 1 aromatic heterocycles. The zero-order valence-electron chi connectivity index (χ0n) is 16.8. The molecule has 2 heterocycles. The van der Waals surface area contributed by atoms with Crippen LogP contribution >= 0.6 is 11.3 Å². The van der Waals surface area contributed by atoms with Gasteiger partial charge in [0, 0.05) is 43.7 Å². The molecule has 3 rings (SSSR count). The Bertz CT molecular complexity index is 1040. The van der Waals surface area contributed by atoms with Crippen LogP contribution in [0.1, 0.15) is 34.5 Å². The first-order chi connectivity index (χ1) is 14.2. The Morgan fingerprint density at radius 3 is 2.53 bits per heavy atom. The number of piperidine rings is 1. The summed E-state index contributed by atoms with van der Waals surface area (Å²) in [6.07, 6.45) is 2.78. The SMILES string of the molecule is CN(C)c1ccc(C(=O)NCc2ccc(S(=O)(=O)N3CCCCC3)s2)cc1[N+](=O)[O-]. The first kappa shape index (κ1) is 22.2. The van der Waals surface area contributed by atoms with Gasteiger partial charge in [0.05, 0.1) is 11.5 Å². The van der Waals surface area contributed by atoms with E-state index in [0.29, 0.717) is 23.7 Å². The highest BCUT2D eigenvalue weighted by molar-refractivity contribution is 7.91. The lowest BCUT2D eigenvalue weighted by Gasteiger charge is -2.25. The topological polar surface area (TPSA) is 113 Å². The van der Waals surface area contributed by atoms with Crippen molar-refractivity contribution in [3.05, 3.63) is 50.9 Å². The van der Waals surface area contributed by atoms with Crippen LogP contribution in [-0.4, -0.2) is 50.7 Å². The molecule has 1 aromatic carbocycles. The normalized spacial score (nSPS) is 15.0. The van der Waals surface area contributed by atoms with Crippen LogP contribution in [0.3, 0.4) is 0 Å². The van der Waals surface area contributed by atoms with Gasteiger partial charge in [0.25, 0.3) is 21.6 Å². The van der Waals surface area contributed by atoms with Crippen LogP contribution in [0.15, 0.2) is 34.5 Å². The zero-order valence-corrected chi connectivity index (χ0v) is 18.5. The van der Waals surface area contributed by atoms with Crippen molar-refractivity contribution in [3.63, 3.8) is 0 Å². The highest BCUT2D eigenvalue weighted by Gasteiger charge is 2.27. The summed E-state index contributed by atoms with van der Waals surface area (Å²) in [7, 11) is -0.123. The molecular formula is C19H24N4O5S2. The van der Waals surface area contributed by atoms with E-state index in [9.17, 15) is 23.3 Å².